The van der Waals surface area contributed by atoms with Gasteiger partial charge in [0.25, 0.3) is 11.8 Å². The molecular formula is C51H52F3N7O7S2. The van der Waals surface area contributed by atoms with Gasteiger partial charge in [-0.3, -0.25) is 24.1 Å². The van der Waals surface area contributed by atoms with Gasteiger partial charge in [0.05, 0.1) is 58.3 Å². The zero-order chi connectivity index (χ0) is 50.7. The van der Waals surface area contributed by atoms with Gasteiger partial charge in [0.2, 0.25) is 11.8 Å². The molecule has 3 heterocycles. The van der Waals surface area contributed by atoms with E-state index in [2.05, 4.69) is 15.6 Å². The summed E-state index contributed by atoms with van der Waals surface area (Å²) in [5.74, 6) is -0.898. The Balaban J connectivity index is 0.884. The summed E-state index contributed by atoms with van der Waals surface area (Å²) >= 11 is 7.19. The number of thiocarbonyl (C=S) groups is 1. The monoisotopic (exact) mass is 995 g/mol. The molecule has 19 heteroatoms. The van der Waals surface area contributed by atoms with E-state index in [0.29, 0.717) is 23.6 Å². The second-order valence-electron chi connectivity index (χ2n) is 18.6. The number of rotatable bonds is 15. The molecule has 0 aliphatic carbocycles. The lowest BCUT2D eigenvalue weighted by atomic mass is 9.85. The van der Waals surface area contributed by atoms with Crippen LogP contribution < -0.4 is 29.9 Å². The van der Waals surface area contributed by atoms with Crippen molar-refractivity contribution in [3.05, 3.63) is 124 Å². The third-order valence-electron chi connectivity index (χ3n) is 12.1. The van der Waals surface area contributed by atoms with Gasteiger partial charge in [-0.15, -0.1) is 11.3 Å². The molecule has 7 rings (SSSR count). The number of β-amino-alcohol motifs (C(OH)–C–C–N with tert-alkyl or cyclic N) is 1. The van der Waals surface area contributed by atoms with E-state index in [0.717, 1.165) is 38.7 Å². The molecule has 2 aliphatic rings. The second-order valence-corrected chi connectivity index (χ2v) is 19.8. The number of aliphatic hydroxyl groups excluding tert-OH is 1. The number of hydrogen-bond acceptors (Lipinski definition) is 11. The van der Waals surface area contributed by atoms with Gasteiger partial charge in [-0.2, -0.15) is 18.4 Å². The molecule has 4 amide bonds. The minimum absolute atomic E-state index is 0.0239. The van der Waals surface area contributed by atoms with Gasteiger partial charge in [0.15, 0.2) is 5.11 Å². The third kappa shape index (κ3) is 11.1. The first-order valence-electron chi connectivity index (χ1n) is 22.4. The third-order valence-corrected chi connectivity index (χ3v) is 13.4. The minimum Gasteiger partial charge on any atom is -0.493 e. The van der Waals surface area contributed by atoms with Crippen molar-refractivity contribution in [1.29, 1.82) is 5.26 Å². The fourth-order valence-electron chi connectivity index (χ4n) is 8.29. The maximum atomic E-state index is 14.1. The number of aliphatic hydroxyl groups is 1. The molecule has 2 aliphatic heterocycles. The normalized spacial score (nSPS) is 17.3. The standard InChI is InChI=1S/C51H52F3N7O7S2/c1-30-42(70-29-57-30)32-10-8-31(9-11-32)27-56-45(64)41-25-37(62)28-59(41)46(65)43(49(2,3)4)58-44(63)33-13-18-38(19-14-33)67-22-7-23-68-39-20-16-35(17-21-39)61-48(69)60(47(66)50(61,5)6)36-15-12-34(26-55)40(24-36)51(52,53)54/h8-21,24,29,37,41,43,62H,7,22-23,25,27-28H2,1-6H3,(H,56,64)(H,58,63)/t37-,41+,43?/m1/s1. The number of thiazole rings is 1. The molecule has 366 valence electrons. The first-order chi connectivity index (χ1) is 33.1. The highest BCUT2D eigenvalue weighted by Crippen LogP contribution is 2.40. The highest BCUT2D eigenvalue weighted by Gasteiger charge is 2.51. The Hall–Kier alpha value is -6.88. The molecule has 3 atom stereocenters. The van der Waals surface area contributed by atoms with E-state index in [9.17, 15) is 42.7 Å². The van der Waals surface area contributed by atoms with E-state index in [1.807, 2.05) is 52.0 Å². The number of alkyl halides is 3. The molecule has 14 nitrogen and oxygen atoms in total. The highest BCUT2D eigenvalue weighted by molar-refractivity contribution is 7.81. The summed E-state index contributed by atoms with van der Waals surface area (Å²) in [6.45, 7) is 11.4. The number of aromatic nitrogens is 1. The van der Waals surface area contributed by atoms with Crippen molar-refractivity contribution in [3.8, 4) is 28.0 Å². The number of carbonyl (C=O) groups is 4. The van der Waals surface area contributed by atoms with E-state index in [1.165, 1.54) is 11.0 Å². The van der Waals surface area contributed by atoms with Crippen LogP contribution in [0, 0.1) is 23.7 Å². The van der Waals surface area contributed by atoms with Crippen molar-refractivity contribution in [2.75, 3.05) is 29.6 Å². The van der Waals surface area contributed by atoms with E-state index in [1.54, 1.807) is 90.2 Å². The van der Waals surface area contributed by atoms with E-state index >= 15 is 0 Å². The highest BCUT2D eigenvalue weighted by atomic mass is 32.1. The van der Waals surface area contributed by atoms with Gasteiger partial charge in [-0.1, -0.05) is 45.0 Å². The summed E-state index contributed by atoms with van der Waals surface area (Å²) < 4.78 is 53.0. The predicted octanol–water partition coefficient (Wildman–Crippen LogP) is 8.20. The fourth-order valence-corrected chi connectivity index (χ4v) is 9.62. The van der Waals surface area contributed by atoms with Crippen LogP contribution in [0.25, 0.3) is 10.4 Å². The molecule has 2 fully saturated rings. The SMILES string of the molecule is Cc1ncsc1-c1ccc(CNC(=O)[C@@H]2C[C@@H](O)CN2C(=O)C(NC(=O)c2ccc(OCCCOc3ccc(N4C(=S)N(c5ccc(C#N)c(C(F)(F)F)c5)C(=O)C4(C)C)cc3)cc2)C(C)(C)C)cc1. The molecule has 1 aromatic heterocycles. The number of likely N-dealkylation sites (tertiary alicyclic amines) is 1. The smallest absolute Gasteiger partial charge is 0.417 e. The first-order valence-corrected chi connectivity index (χ1v) is 23.7. The number of nitriles is 1. The number of benzene rings is 4. The molecule has 1 unspecified atom stereocenters. The van der Waals surface area contributed by atoms with Crippen molar-refractivity contribution in [3.63, 3.8) is 0 Å². The number of ether oxygens (including phenoxy) is 2. The average molecular weight is 996 g/mol. The van der Waals surface area contributed by atoms with Crippen LogP contribution in [0.15, 0.2) is 96.5 Å². The van der Waals surface area contributed by atoms with Crippen molar-refractivity contribution < 1.29 is 46.9 Å². The Morgan fingerprint density at radius 2 is 1.57 bits per heavy atom. The zero-order valence-corrected chi connectivity index (χ0v) is 40.9. The Morgan fingerprint density at radius 1 is 0.957 bits per heavy atom. The van der Waals surface area contributed by atoms with E-state index in [4.69, 9.17) is 21.7 Å². The maximum Gasteiger partial charge on any atom is 0.417 e. The van der Waals surface area contributed by atoms with Crippen molar-refractivity contribution in [2.24, 2.45) is 5.41 Å². The maximum absolute atomic E-state index is 14.1. The van der Waals surface area contributed by atoms with Crippen LogP contribution in [0.4, 0.5) is 24.5 Å². The number of carbonyl (C=O) groups excluding carboxylic acids is 4. The number of nitrogens with one attached hydrogen (secondary N) is 2. The summed E-state index contributed by atoms with van der Waals surface area (Å²) in [6.07, 6.45) is -5.17. The second kappa shape index (κ2) is 20.6. The van der Waals surface area contributed by atoms with Crippen LogP contribution >= 0.6 is 23.6 Å². The molecule has 0 radical (unpaired) electrons. The van der Waals surface area contributed by atoms with Crippen LogP contribution in [0.5, 0.6) is 11.5 Å². The Kier molecular flexibility index (Phi) is 15.0. The van der Waals surface area contributed by atoms with E-state index < -0.39 is 70.1 Å². The van der Waals surface area contributed by atoms with Crippen LogP contribution in [0.3, 0.4) is 0 Å². The molecule has 4 aromatic carbocycles. The molecule has 0 spiro atoms. The van der Waals surface area contributed by atoms with Crippen molar-refractivity contribution in [1.82, 2.24) is 20.5 Å². The van der Waals surface area contributed by atoms with Gasteiger partial charge in [0, 0.05) is 37.2 Å². The molecule has 3 N–H and O–H groups in total. The van der Waals surface area contributed by atoms with Gasteiger partial charge in [0.1, 0.15) is 29.1 Å². The predicted molar refractivity (Wildman–Crippen MR) is 262 cm³/mol. The molecular weight excluding hydrogens is 944 g/mol. The van der Waals surface area contributed by atoms with Gasteiger partial charge >= 0.3 is 6.18 Å². The summed E-state index contributed by atoms with van der Waals surface area (Å²) in [7, 11) is 0. The topological polar surface area (TPSA) is 177 Å². The number of halogens is 3. The lowest BCUT2D eigenvalue weighted by Gasteiger charge is -2.35. The first kappa shape index (κ1) is 51.0. The molecule has 2 saturated heterocycles. The largest absolute Gasteiger partial charge is 0.493 e. The van der Waals surface area contributed by atoms with Crippen LogP contribution in [-0.4, -0.2) is 87.2 Å². The number of nitrogens with zero attached hydrogens (tertiary/aromatic N) is 5. The van der Waals surface area contributed by atoms with Gasteiger partial charge in [-0.05, 0) is 116 Å². The number of amides is 4. The van der Waals surface area contributed by atoms with Crippen LogP contribution in [-0.2, 0) is 27.1 Å². The van der Waals surface area contributed by atoms with Gasteiger partial charge in [-0.25, -0.2) is 4.98 Å². The number of aryl methyl sites for hydroxylation is 1. The quantitative estimate of drug-likeness (QED) is 0.0681. The number of anilines is 2. The summed E-state index contributed by atoms with van der Waals surface area (Å²) in [6, 6.07) is 23.6. The lowest BCUT2D eigenvalue weighted by Crippen LogP contribution is -2.57. The summed E-state index contributed by atoms with van der Waals surface area (Å²) in [5.41, 5.74) is 1.61. The van der Waals surface area contributed by atoms with Crippen molar-refractivity contribution >= 4 is 63.7 Å². The lowest BCUT2D eigenvalue weighted by molar-refractivity contribution is -0.142. The van der Waals surface area contributed by atoms with Crippen LogP contribution in [0.1, 0.15) is 80.2 Å². The molecule has 5 aromatic rings. The van der Waals surface area contributed by atoms with Crippen LogP contribution in [0.2, 0.25) is 0 Å². The zero-order valence-electron chi connectivity index (χ0n) is 39.3. The van der Waals surface area contributed by atoms with Gasteiger partial charge < -0.3 is 35.0 Å². The average Bonchev–Trinajstić information content (AvgIpc) is 3.99. The Bertz CT molecular complexity index is 2810. The fraction of sp³-hybridized carbons (Fsp3) is 0.353. The van der Waals surface area contributed by atoms with E-state index in [-0.39, 0.29) is 49.1 Å². The number of hydrogen-bond donors (Lipinski definition) is 3. The molecule has 0 saturated carbocycles. The van der Waals surface area contributed by atoms with Crippen molar-refractivity contribution in [2.45, 2.75) is 90.8 Å². The molecule has 0 bridgehead atoms. The molecule has 70 heavy (non-hydrogen) atoms. The minimum atomic E-state index is -4.81. The summed E-state index contributed by atoms with van der Waals surface area (Å²) in [4.78, 5) is 64.1. The Labute approximate surface area is 413 Å². The Morgan fingerprint density at radius 3 is 2.14 bits per heavy atom. The summed E-state index contributed by atoms with van der Waals surface area (Å²) in [5, 5.41) is 25.6.